The zero-order chi connectivity index (χ0) is 25.6. The van der Waals surface area contributed by atoms with Crippen molar-refractivity contribution in [3.63, 3.8) is 0 Å². The largest absolute Gasteiger partial charge is 0.497 e. The van der Waals surface area contributed by atoms with E-state index in [-0.39, 0.29) is 18.4 Å². The number of rotatable bonds is 8. The molecule has 0 atom stereocenters. The summed E-state index contributed by atoms with van der Waals surface area (Å²) in [5.74, 6) is 2.06. The Hall–Kier alpha value is -4.36. The molecule has 37 heavy (non-hydrogen) atoms. The van der Waals surface area contributed by atoms with Crippen LogP contribution in [0.15, 0.2) is 89.3 Å². The van der Waals surface area contributed by atoms with Gasteiger partial charge >= 0.3 is 0 Å². The third kappa shape index (κ3) is 5.90. The molecule has 0 saturated carbocycles. The van der Waals surface area contributed by atoms with Gasteiger partial charge in [0.2, 0.25) is 5.91 Å². The average molecular weight is 497 g/mol. The van der Waals surface area contributed by atoms with Crippen LogP contribution in [0.4, 0.5) is 5.69 Å². The van der Waals surface area contributed by atoms with Crippen molar-refractivity contribution in [2.75, 3.05) is 25.6 Å². The molecule has 1 aliphatic heterocycles. The number of nitrogens with zero attached hydrogens (tertiary/aromatic N) is 1. The van der Waals surface area contributed by atoms with Crippen LogP contribution in [-0.2, 0) is 29.1 Å². The number of fused-ring (bicyclic) bond motifs is 1. The quantitative estimate of drug-likeness (QED) is 0.358. The third-order valence-corrected chi connectivity index (χ3v) is 6.27. The highest BCUT2D eigenvalue weighted by Gasteiger charge is 2.25. The maximum absolute atomic E-state index is 13.0. The minimum atomic E-state index is -0.210. The van der Waals surface area contributed by atoms with Crippen LogP contribution >= 0.6 is 0 Å². The van der Waals surface area contributed by atoms with Crippen LogP contribution < -0.4 is 10.1 Å². The van der Waals surface area contributed by atoms with Crippen molar-refractivity contribution in [3.05, 3.63) is 107 Å². The maximum atomic E-state index is 13.0. The predicted octanol–water partition coefficient (Wildman–Crippen LogP) is 5.31. The minimum absolute atomic E-state index is 0.0213. The first kappa shape index (κ1) is 24.3. The Labute approximate surface area is 215 Å². The lowest BCUT2D eigenvalue weighted by molar-refractivity contribution is -0.121. The first-order valence-corrected chi connectivity index (χ1v) is 12.2. The second kappa shape index (κ2) is 11.1. The van der Waals surface area contributed by atoms with Crippen molar-refractivity contribution in [1.29, 1.82) is 0 Å². The van der Waals surface area contributed by atoms with Gasteiger partial charge in [0.1, 0.15) is 23.9 Å². The zero-order valence-electron chi connectivity index (χ0n) is 20.6. The summed E-state index contributed by atoms with van der Waals surface area (Å²) in [6.07, 6.45) is 0.655. The van der Waals surface area contributed by atoms with Gasteiger partial charge in [0.15, 0.2) is 0 Å². The molecular formula is C30H28N2O5. The molecule has 0 aliphatic carbocycles. The molecule has 2 heterocycles. The summed E-state index contributed by atoms with van der Waals surface area (Å²) >= 11 is 0. The summed E-state index contributed by atoms with van der Waals surface area (Å²) < 4.78 is 16.9. The number of hydrogen-bond donors (Lipinski definition) is 1. The van der Waals surface area contributed by atoms with E-state index < -0.39 is 0 Å². The molecule has 1 N–H and O–H groups in total. The molecule has 2 amide bonds. The fourth-order valence-electron chi connectivity index (χ4n) is 4.34. The molecule has 4 aromatic rings. The number of carbonyl (C=O) groups excluding carboxylic acids is 2. The van der Waals surface area contributed by atoms with Crippen molar-refractivity contribution >= 4 is 17.5 Å². The second-order valence-corrected chi connectivity index (χ2v) is 8.87. The Morgan fingerprint density at radius 3 is 2.57 bits per heavy atom. The number of ether oxygens (including phenoxy) is 2. The smallest absolute Gasteiger partial charge is 0.254 e. The van der Waals surface area contributed by atoms with E-state index in [1.54, 1.807) is 19.2 Å². The van der Waals surface area contributed by atoms with Crippen LogP contribution in [0.2, 0.25) is 0 Å². The van der Waals surface area contributed by atoms with E-state index in [1.807, 2.05) is 77.7 Å². The number of furan rings is 1. The van der Waals surface area contributed by atoms with Gasteiger partial charge in [0.05, 0.1) is 13.7 Å². The number of hydrogen-bond acceptors (Lipinski definition) is 5. The number of nitrogens with one attached hydrogen (secondary N) is 1. The van der Waals surface area contributed by atoms with Gasteiger partial charge in [-0.1, -0.05) is 36.4 Å². The number of amides is 2. The van der Waals surface area contributed by atoms with Crippen LogP contribution in [0.25, 0.3) is 11.3 Å². The van der Waals surface area contributed by atoms with Gasteiger partial charge in [-0.3, -0.25) is 9.59 Å². The summed E-state index contributed by atoms with van der Waals surface area (Å²) in [5.41, 5.74) is 4.22. The number of benzene rings is 3. The molecule has 0 spiro atoms. The van der Waals surface area contributed by atoms with Gasteiger partial charge < -0.3 is 24.1 Å². The van der Waals surface area contributed by atoms with E-state index >= 15 is 0 Å². The predicted molar refractivity (Wildman–Crippen MR) is 140 cm³/mol. The third-order valence-electron chi connectivity index (χ3n) is 6.27. The standard InChI is InChI=1S/C30H28N2O5/c1-35-26-9-5-8-23(16-26)30(34)32-15-14-27-24(18-32)17-28(37-27)22-10-12-25(13-11-22)31-29(33)20-36-19-21-6-3-2-4-7-21/h2-13,16-17H,14-15,18-20H2,1H3,(H,31,33). The van der Waals surface area contributed by atoms with Crippen molar-refractivity contribution in [3.8, 4) is 17.1 Å². The average Bonchev–Trinajstić information content (AvgIpc) is 3.37. The Morgan fingerprint density at radius 2 is 1.78 bits per heavy atom. The van der Waals surface area contributed by atoms with E-state index in [1.165, 1.54) is 0 Å². The van der Waals surface area contributed by atoms with Crippen molar-refractivity contribution < 1.29 is 23.5 Å². The van der Waals surface area contributed by atoms with Gasteiger partial charge in [-0.15, -0.1) is 0 Å². The second-order valence-electron chi connectivity index (χ2n) is 8.87. The summed E-state index contributed by atoms with van der Waals surface area (Å²) in [7, 11) is 1.59. The van der Waals surface area contributed by atoms with Gasteiger partial charge in [-0.05, 0) is 54.1 Å². The van der Waals surface area contributed by atoms with Crippen molar-refractivity contribution in [1.82, 2.24) is 4.90 Å². The minimum Gasteiger partial charge on any atom is -0.497 e. The fraction of sp³-hybridized carbons (Fsp3) is 0.200. The first-order chi connectivity index (χ1) is 18.1. The Balaban J connectivity index is 1.17. The lowest BCUT2D eigenvalue weighted by atomic mass is 10.1. The SMILES string of the molecule is COc1cccc(C(=O)N2CCc3oc(-c4ccc(NC(=O)COCc5ccccc5)cc4)cc3C2)c1. The van der Waals surface area contributed by atoms with Crippen molar-refractivity contribution in [2.24, 2.45) is 0 Å². The maximum Gasteiger partial charge on any atom is 0.254 e. The van der Waals surface area contributed by atoms with Gasteiger partial charge in [0.25, 0.3) is 5.91 Å². The number of anilines is 1. The molecule has 7 nitrogen and oxygen atoms in total. The Kier molecular flexibility index (Phi) is 7.33. The highest BCUT2D eigenvalue weighted by atomic mass is 16.5. The highest BCUT2D eigenvalue weighted by molar-refractivity contribution is 5.95. The van der Waals surface area contributed by atoms with Gasteiger partial charge in [0, 0.05) is 41.9 Å². The summed E-state index contributed by atoms with van der Waals surface area (Å²) in [6, 6.07) is 26.4. The molecule has 0 unspecified atom stereocenters. The van der Waals surface area contributed by atoms with Crippen LogP contribution in [0.3, 0.4) is 0 Å². The van der Waals surface area contributed by atoms with Crippen LogP contribution in [0, 0.1) is 0 Å². The van der Waals surface area contributed by atoms with Gasteiger partial charge in [-0.2, -0.15) is 0 Å². The Morgan fingerprint density at radius 1 is 0.973 bits per heavy atom. The number of methoxy groups -OCH3 is 1. The summed E-state index contributed by atoms with van der Waals surface area (Å²) in [6.45, 7) is 1.45. The first-order valence-electron chi connectivity index (χ1n) is 12.2. The normalized spacial score (nSPS) is 12.6. The van der Waals surface area contributed by atoms with Crippen LogP contribution in [-0.4, -0.2) is 37.0 Å². The summed E-state index contributed by atoms with van der Waals surface area (Å²) in [5, 5.41) is 2.85. The Bertz CT molecular complexity index is 1380. The highest BCUT2D eigenvalue weighted by Crippen LogP contribution is 2.31. The molecule has 0 saturated heterocycles. The molecule has 3 aromatic carbocycles. The van der Waals surface area contributed by atoms with Crippen molar-refractivity contribution in [2.45, 2.75) is 19.6 Å². The van der Waals surface area contributed by atoms with Crippen LogP contribution in [0.1, 0.15) is 27.2 Å². The summed E-state index contributed by atoms with van der Waals surface area (Å²) in [4.78, 5) is 27.1. The molecule has 0 bridgehead atoms. The lowest BCUT2D eigenvalue weighted by Gasteiger charge is -2.26. The van der Waals surface area contributed by atoms with E-state index in [4.69, 9.17) is 13.9 Å². The molecular weight excluding hydrogens is 468 g/mol. The van der Waals surface area contributed by atoms with E-state index in [2.05, 4.69) is 5.32 Å². The lowest BCUT2D eigenvalue weighted by Crippen LogP contribution is -2.35. The van der Waals surface area contributed by atoms with Crippen LogP contribution in [0.5, 0.6) is 5.75 Å². The molecule has 1 aromatic heterocycles. The number of carbonyl (C=O) groups is 2. The molecule has 5 rings (SSSR count). The van der Waals surface area contributed by atoms with E-state index in [0.717, 1.165) is 28.2 Å². The van der Waals surface area contributed by atoms with Gasteiger partial charge in [-0.25, -0.2) is 0 Å². The molecule has 0 fully saturated rings. The molecule has 1 aliphatic rings. The molecule has 7 heteroatoms. The molecule has 0 radical (unpaired) electrons. The fourth-order valence-corrected chi connectivity index (χ4v) is 4.34. The van der Waals surface area contributed by atoms with E-state index in [0.29, 0.717) is 43.1 Å². The topological polar surface area (TPSA) is 81.0 Å². The monoisotopic (exact) mass is 496 g/mol. The zero-order valence-corrected chi connectivity index (χ0v) is 20.6. The molecule has 188 valence electrons. The van der Waals surface area contributed by atoms with E-state index in [9.17, 15) is 9.59 Å².